The molecule has 0 saturated heterocycles. The van der Waals surface area contributed by atoms with E-state index in [0.717, 1.165) is 29.9 Å². The molecule has 2 nitrogen and oxygen atoms in total. The van der Waals surface area contributed by atoms with E-state index in [-0.39, 0.29) is 0 Å². The normalized spacial score (nSPS) is 13.5. The van der Waals surface area contributed by atoms with Crippen LogP contribution in [-0.2, 0) is 0 Å². The van der Waals surface area contributed by atoms with Crippen LogP contribution in [0.3, 0.4) is 0 Å². The van der Waals surface area contributed by atoms with Gasteiger partial charge in [-0.3, -0.25) is 0 Å². The summed E-state index contributed by atoms with van der Waals surface area (Å²) in [6, 6.07) is 78.4. The minimum atomic E-state index is 1.10. The third kappa shape index (κ3) is 5.73. The maximum atomic E-state index is 2.42. The lowest BCUT2D eigenvalue weighted by Crippen LogP contribution is -2.10. The summed E-state index contributed by atoms with van der Waals surface area (Å²) >= 11 is 0. The largest absolute Gasteiger partial charge is 0.310 e. The second-order valence-corrected chi connectivity index (χ2v) is 17.1. The molecule has 13 rings (SSSR count). The zero-order chi connectivity index (χ0) is 42.1. The number of anilines is 3. The van der Waals surface area contributed by atoms with Crippen LogP contribution in [0.4, 0.5) is 17.1 Å². The van der Waals surface area contributed by atoms with E-state index in [1.807, 2.05) is 0 Å². The molecule has 10 aromatic rings. The van der Waals surface area contributed by atoms with Gasteiger partial charge >= 0.3 is 0 Å². The van der Waals surface area contributed by atoms with E-state index in [1.165, 1.54) is 105 Å². The summed E-state index contributed by atoms with van der Waals surface area (Å²) in [5.74, 6) is 0. The van der Waals surface area contributed by atoms with Gasteiger partial charge in [0.1, 0.15) is 0 Å². The molecule has 3 aliphatic carbocycles. The van der Waals surface area contributed by atoms with E-state index in [4.69, 9.17) is 0 Å². The second kappa shape index (κ2) is 14.7. The minimum Gasteiger partial charge on any atom is -0.310 e. The topological polar surface area (TPSA) is 8.17 Å². The Bertz CT molecular complexity index is 3530. The van der Waals surface area contributed by atoms with Crippen LogP contribution in [0.1, 0.15) is 40.7 Å². The molecule has 300 valence electrons. The smallest absolute Gasteiger partial charge is 0.0541 e. The van der Waals surface area contributed by atoms with Gasteiger partial charge in [0, 0.05) is 33.5 Å². The third-order valence-corrected chi connectivity index (χ3v) is 13.5. The van der Waals surface area contributed by atoms with Gasteiger partial charge in [0.15, 0.2) is 0 Å². The first-order valence-electron chi connectivity index (χ1n) is 22.4. The Labute approximate surface area is 373 Å². The van der Waals surface area contributed by atoms with E-state index >= 15 is 0 Å². The summed E-state index contributed by atoms with van der Waals surface area (Å²) in [4.78, 5) is 2.40. The minimum absolute atomic E-state index is 1.10. The molecule has 0 fully saturated rings. The van der Waals surface area contributed by atoms with Gasteiger partial charge in [-0.2, -0.15) is 0 Å². The van der Waals surface area contributed by atoms with Crippen molar-refractivity contribution in [3.05, 3.63) is 258 Å². The second-order valence-electron chi connectivity index (χ2n) is 17.1. The predicted molar refractivity (Wildman–Crippen MR) is 270 cm³/mol. The quantitative estimate of drug-likeness (QED) is 0.162. The van der Waals surface area contributed by atoms with Crippen LogP contribution < -0.4 is 4.90 Å². The summed E-state index contributed by atoms with van der Waals surface area (Å²) in [7, 11) is 0. The van der Waals surface area contributed by atoms with Gasteiger partial charge in [-0.05, 0) is 157 Å². The van der Waals surface area contributed by atoms with E-state index < -0.39 is 0 Å². The molecule has 0 spiro atoms. The van der Waals surface area contributed by atoms with Gasteiger partial charge in [0.25, 0.3) is 0 Å². The van der Waals surface area contributed by atoms with Gasteiger partial charge in [0.2, 0.25) is 0 Å². The molecule has 0 atom stereocenters. The molecule has 0 bridgehead atoms. The maximum Gasteiger partial charge on any atom is 0.0541 e. The number of hydrogen-bond acceptors (Lipinski definition) is 1. The average molecular weight is 815 g/mol. The molecule has 0 radical (unpaired) electrons. The summed E-state index contributed by atoms with van der Waals surface area (Å²) < 4.78 is 2.41. The number of hydrogen-bond donors (Lipinski definition) is 0. The Hall–Kier alpha value is -8.20. The fraction of sp³-hybridized carbons (Fsp3) is 0.0323. The molecular weight excluding hydrogens is 773 g/mol. The Morgan fingerprint density at radius 2 is 0.875 bits per heavy atom. The average Bonchev–Trinajstić information content (AvgIpc) is 4.00. The lowest BCUT2D eigenvalue weighted by atomic mass is 9.91. The molecule has 1 aromatic heterocycles. The van der Waals surface area contributed by atoms with Gasteiger partial charge in [-0.1, -0.05) is 164 Å². The highest BCUT2D eigenvalue weighted by atomic mass is 15.1. The first-order valence-corrected chi connectivity index (χ1v) is 22.4. The number of rotatable bonds is 6. The van der Waals surface area contributed by atoms with Crippen molar-refractivity contribution in [1.82, 2.24) is 4.57 Å². The molecule has 0 unspecified atom stereocenters. The van der Waals surface area contributed by atoms with Gasteiger partial charge in [-0.25, -0.2) is 0 Å². The molecule has 0 N–H and O–H groups in total. The number of fused-ring (bicyclic) bond motifs is 9. The first kappa shape index (κ1) is 36.5. The number of benzene rings is 9. The number of nitrogens with zero attached hydrogens (tertiary/aromatic N) is 2. The van der Waals surface area contributed by atoms with Crippen molar-refractivity contribution in [2.45, 2.75) is 12.8 Å². The molecule has 0 amide bonds. The lowest BCUT2D eigenvalue weighted by molar-refractivity contribution is 1.04. The first-order chi connectivity index (χ1) is 31.8. The van der Waals surface area contributed by atoms with Crippen molar-refractivity contribution in [1.29, 1.82) is 0 Å². The third-order valence-electron chi connectivity index (χ3n) is 13.5. The zero-order valence-electron chi connectivity index (χ0n) is 35.2. The highest BCUT2D eigenvalue weighted by Gasteiger charge is 2.33. The summed E-state index contributed by atoms with van der Waals surface area (Å²) in [5.41, 5.74) is 24.8. The highest BCUT2D eigenvalue weighted by Crippen LogP contribution is 2.55. The number of allylic oxidation sites excluding steroid dienone is 4. The molecule has 1 heterocycles. The molecule has 3 aliphatic rings. The highest BCUT2D eigenvalue weighted by molar-refractivity contribution is 6.19. The predicted octanol–water partition coefficient (Wildman–Crippen LogP) is 16.6. The van der Waals surface area contributed by atoms with Crippen molar-refractivity contribution in [2.24, 2.45) is 0 Å². The van der Waals surface area contributed by atoms with Crippen molar-refractivity contribution in [2.75, 3.05) is 4.90 Å². The van der Waals surface area contributed by atoms with Crippen LogP contribution in [-0.4, -0.2) is 4.57 Å². The van der Waals surface area contributed by atoms with Crippen LogP contribution in [0.25, 0.3) is 77.6 Å². The Morgan fingerprint density at radius 3 is 1.55 bits per heavy atom. The molecule has 9 aromatic carbocycles. The standard InChI is InChI=1S/C62H42N2/c1-3-15-41(16-4-1)42-27-34-47(35-28-42)64-59-26-14-13-22-53(59)57-39-44(31-38-60(57)64)43-29-32-46(33-30-43)63(45-17-5-2-6-18-45)48-36-37-52-51-21-9-12-25-56(51)62(58(52)40-48)61-54-23-10-7-19-49(54)50-20-8-11-24-55(50)61/h2-3,5-40H,1,4H2. The van der Waals surface area contributed by atoms with Crippen LogP contribution in [0, 0.1) is 0 Å². The molecule has 0 aliphatic heterocycles. The monoisotopic (exact) mass is 814 g/mol. The van der Waals surface area contributed by atoms with Crippen molar-refractivity contribution in [3.63, 3.8) is 0 Å². The van der Waals surface area contributed by atoms with E-state index in [2.05, 4.69) is 240 Å². The van der Waals surface area contributed by atoms with Crippen molar-refractivity contribution >= 4 is 55.6 Å². The Morgan fingerprint density at radius 1 is 0.344 bits per heavy atom. The fourth-order valence-electron chi connectivity index (χ4n) is 10.6. The lowest BCUT2D eigenvalue weighted by Gasteiger charge is -2.26. The van der Waals surface area contributed by atoms with E-state index in [9.17, 15) is 0 Å². The molecule has 0 saturated carbocycles. The van der Waals surface area contributed by atoms with Crippen LogP contribution in [0.5, 0.6) is 0 Å². The van der Waals surface area contributed by atoms with Gasteiger partial charge < -0.3 is 9.47 Å². The summed E-state index contributed by atoms with van der Waals surface area (Å²) in [6.45, 7) is 0. The molecule has 64 heavy (non-hydrogen) atoms. The number of aromatic nitrogens is 1. The van der Waals surface area contributed by atoms with Gasteiger partial charge in [-0.15, -0.1) is 0 Å². The van der Waals surface area contributed by atoms with Crippen molar-refractivity contribution in [3.8, 4) is 39.1 Å². The Balaban J connectivity index is 0.905. The molecular formula is C62H42N2. The SMILES string of the molecule is C1=CC(c2ccc(-n3c4ccccc4c4cc(-c5ccc(N(c6ccccc6)c6ccc7c(c6)C(=C6c8ccccc8-c8ccccc86)c6ccccc6-7)cc5)ccc43)cc2)=CCC1. The maximum absolute atomic E-state index is 2.42. The molecule has 2 heteroatoms. The van der Waals surface area contributed by atoms with E-state index in [1.54, 1.807) is 0 Å². The van der Waals surface area contributed by atoms with Crippen LogP contribution >= 0.6 is 0 Å². The van der Waals surface area contributed by atoms with Crippen LogP contribution in [0.2, 0.25) is 0 Å². The Kier molecular flexibility index (Phi) is 8.39. The van der Waals surface area contributed by atoms with Crippen LogP contribution in [0.15, 0.2) is 231 Å². The zero-order valence-corrected chi connectivity index (χ0v) is 35.2. The fourth-order valence-corrected chi connectivity index (χ4v) is 10.6. The summed E-state index contributed by atoms with van der Waals surface area (Å²) in [6.07, 6.45) is 9.10. The summed E-state index contributed by atoms with van der Waals surface area (Å²) in [5, 5.41) is 2.51. The van der Waals surface area contributed by atoms with E-state index in [0.29, 0.717) is 0 Å². The van der Waals surface area contributed by atoms with Crippen molar-refractivity contribution < 1.29 is 0 Å². The number of para-hydroxylation sites is 2. The van der Waals surface area contributed by atoms with Gasteiger partial charge in [0.05, 0.1) is 11.0 Å².